The zero-order valence-corrected chi connectivity index (χ0v) is 11.6. The van der Waals surface area contributed by atoms with Crippen molar-refractivity contribution in [2.45, 2.75) is 6.10 Å². The van der Waals surface area contributed by atoms with E-state index in [4.69, 9.17) is 0 Å². The quantitative estimate of drug-likeness (QED) is 0.787. The number of hydrogen-bond donors (Lipinski definition) is 1. The smallest absolute Gasteiger partial charge is 0.134 e. The summed E-state index contributed by atoms with van der Waals surface area (Å²) in [4.78, 5) is 4.55. The summed E-state index contributed by atoms with van der Waals surface area (Å²) >= 11 is 1.30. The molecule has 0 aliphatic heterocycles. The van der Waals surface area contributed by atoms with Crippen molar-refractivity contribution in [3.63, 3.8) is 0 Å². The van der Waals surface area contributed by atoms with Crippen LogP contribution in [0.5, 0.6) is 0 Å². The first-order valence-corrected chi connectivity index (χ1v) is 7.15. The number of hydrogen-bond acceptors (Lipinski definition) is 3. The summed E-state index contributed by atoms with van der Waals surface area (Å²) in [5.41, 5.74) is 1.49. The molecule has 0 amide bonds. The predicted octanol–water partition coefficient (Wildman–Crippen LogP) is 4.17. The van der Waals surface area contributed by atoms with Crippen LogP contribution in [-0.4, -0.2) is 10.1 Å². The highest BCUT2D eigenvalue weighted by molar-refractivity contribution is 7.13. The van der Waals surface area contributed by atoms with Crippen molar-refractivity contribution < 1.29 is 13.9 Å². The summed E-state index contributed by atoms with van der Waals surface area (Å²) in [6.07, 6.45) is 2.28. The summed E-state index contributed by atoms with van der Waals surface area (Å²) in [5.74, 6) is -1.26. The number of pyridine rings is 1. The van der Waals surface area contributed by atoms with Gasteiger partial charge >= 0.3 is 0 Å². The molecule has 2 nitrogen and oxygen atoms in total. The third-order valence-electron chi connectivity index (χ3n) is 3.17. The topological polar surface area (TPSA) is 33.1 Å². The van der Waals surface area contributed by atoms with Gasteiger partial charge in [0.25, 0.3) is 0 Å². The molecule has 1 N–H and O–H groups in total. The molecule has 1 unspecified atom stereocenters. The van der Waals surface area contributed by atoms with Gasteiger partial charge < -0.3 is 5.11 Å². The number of aliphatic hydroxyl groups excluding tert-OH is 1. The summed E-state index contributed by atoms with van der Waals surface area (Å²) in [6.45, 7) is 0. The second-order valence-electron chi connectivity index (χ2n) is 4.52. The largest absolute Gasteiger partial charge is 0.384 e. The Balaban J connectivity index is 2.05. The molecule has 0 aliphatic carbocycles. The van der Waals surface area contributed by atoms with Crippen LogP contribution in [0.4, 0.5) is 8.78 Å². The van der Waals surface area contributed by atoms with Gasteiger partial charge in [-0.25, -0.2) is 8.78 Å². The zero-order valence-electron chi connectivity index (χ0n) is 10.8. The number of rotatable bonds is 3. The third-order valence-corrected chi connectivity index (χ3v) is 4.13. The second kappa shape index (κ2) is 5.71. The van der Waals surface area contributed by atoms with E-state index in [1.807, 2.05) is 0 Å². The molecule has 2 aromatic heterocycles. The van der Waals surface area contributed by atoms with Crippen LogP contribution in [0.3, 0.4) is 0 Å². The molecule has 0 fully saturated rings. The van der Waals surface area contributed by atoms with Crippen LogP contribution >= 0.6 is 11.3 Å². The van der Waals surface area contributed by atoms with Gasteiger partial charge in [0, 0.05) is 40.0 Å². The fraction of sp³-hybridized carbons (Fsp3) is 0.0625. The Hall–Kier alpha value is -2.11. The lowest BCUT2D eigenvalue weighted by molar-refractivity contribution is 0.221. The Kier molecular flexibility index (Phi) is 3.77. The fourth-order valence-corrected chi connectivity index (χ4v) is 3.10. The monoisotopic (exact) mass is 303 g/mol. The van der Waals surface area contributed by atoms with Gasteiger partial charge in [0.15, 0.2) is 0 Å². The minimum absolute atomic E-state index is 0.282. The van der Waals surface area contributed by atoms with Crippen molar-refractivity contribution >= 4 is 11.3 Å². The minimum atomic E-state index is -0.899. The van der Waals surface area contributed by atoms with Gasteiger partial charge in [-0.05, 0) is 29.6 Å². The van der Waals surface area contributed by atoms with E-state index in [0.717, 1.165) is 6.07 Å². The normalized spacial score (nSPS) is 12.3. The number of aromatic nitrogens is 1. The Morgan fingerprint density at radius 3 is 2.71 bits per heavy atom. The Morgan fingerprint density at radius 2 is 2.00 bits per heavy atom. The van der Waals surface area contributed by atoms with Gasteiger partial charge in [-0.15, -0.1) is 11.3 Å². The third kappa shape index (κ3) is 2.70. The number of benzene rings is 1. The highest BCUT2D eigenvalue weighted by Gasteiger charge is 2.19. The lowest BCUT2D eigenvalue weighted by atomic mass is 10.0. The average Bonchev–Trinajstić information content (AvgIpc) is 2.96. The molecule has 0 aliphatic rings. The van der Waals surface area contributed by atoms with Gasteiger partial charge in [0.05, 0.1) is 0 Å². The van der Waals surface area contributed by atoms with Crippen LogP contribution in [0.1, 0.15) is 17.2 Å². The SMILES string of the molecule is OC(c1cccnc1)c1ccsc1-c1ccc(F)cc1F. The molecule has 3 aromatic rings. The fourth-order valence-electron chi connectivity index (χ4n) is 2.14. The van der Waals surface area contributed by atoms with E-state index in [1.54, 1.807) is 36.0 Å². The highest BCUT2D eigenvalue weighted by Crippen LogP contribution is 2.37. The van der Waals surface area contributed by atoms with Gasteiger partial charge in [-0.3, -0.25) is 4.98 Å². The van der Waals surface area contributed by atoms with Crippen molar-refractivity contribution in [3.8, 4) is 10.4 Å². The van der Waals surface area contributed by atoms with Gasteiger partial charge in [-0.2, -0.15) is 0 Å². The van der Waals surface area contributed by atoms with Crippen molar-refractivity contribution in [1.29, 1.82) is 0 Å². The van der Waals surface area contributed by atoms with E-state index >= 15 is 0 Å². The van der Waals surface area contributed by atoms with E-state index in [-0.39, 0.29) is 5.56 Å². The molecule has 1 atom stereocenters. The molecule has 0 saturated heterocycles. The molecule has 1 aromatic carbocycles. The summed E-state index contributed by atoms with van der Waals surface area (Å²) in [7, 11) is 0. The molecule has 0 spiro atoms. The number of nitrogens with zero attached hydrogens (tertiary/aromatic N) is 1. The summed E-state index contributed by atoms with van der Waals surface area (Å²) < 4.78 is 27.0. The maximum Gasteiger partial charge on any atom is 0.134 e. The first kappa shape index (κ1) is 13.9. The highest BCUT2D eigenvalue weighted by atomic mass is 32.1. The Bertz CT molecular complexity index is 758. The molecule has 3 rings (SSSR count). The van der Waals surface area contributed by atoms with Gasteiger partial charge in [-0.1, -0.05) is 6.07 Å². The maximum atomic E-state index is 13.9. The van der Waals surface area contributed by atoms with Crippen LogP contribution in [0.2, 0.25) is 0 Å². The van der Waals surface area contributed by atoms with E-state index in [1.165, 1.54) is 23.5 Å². The summed E-state index contributed by atoms with van der Waals surface area (Å²) in [6, 6.07) is 8.65. The van der Waals surface area contributed by atoms with Crippen molar-refractivity contribution in [2.75, 3.05) is 0 Å². The number of halogens is 2. The van der Waals surface area contributed by atoms with E-state index in [0.29, 0.717) is 16.0 Å². The molecule has 21 heavy (non-hydrogen) atoms. The zero-order chi connectivity index (χ0) is 14.8. The van der Waals surface area contributed by atoms with E-state index in [2.05, 4.69) is 4.98 Å². The van der Waals surface area contributed by atoms with Gasteiger partial charge in [0.1, 0.15) is 17.7 Å². The lowest BCUT2D eigenvalue weighted by Crippen LogP contribution is -2.00. The lowest BCUT2D eigenvalue weighted by Gasteiger charge is -2.12. The molecule has 106 valence electrons. The Labute approximate surface area is 124 Å². The van der Waals surface area contributed by atoms with Crippen molar-refractivity contribution in [3.05, 3.63) is 76.9 Å². The molecule has 0 bridgehead atoms. The molecule has 5 heteroatoms. The molecular formula is C16H11F2NOS. The van der Waals surface area contributed by atoms with Crippen LogP contribution in [0.15, 0.2) is 54.2 Å². The van der Waals surface area contributed by atoms with Crippen molar-refractivity contribution in [1.82, 2.24) is 4.98 Å². The maximum absolute atomic E-state index is 13.9. The van der Waals surface area contributed by atoms with Crippen LogP contribution in [0.25, 0.3) is 10.4 Å². The van der Waals surface area contributed by atoms with E-state index < -0.39 is 17.7 Å². The standard InChI is InChI=1S/C16H11F2NOS/c17-11-3-4-12(14(18)8-11)16-13(5-7-21-16)15(20)10-2-1-6-19-9-10/h1-9,15,20H. The number of thiophene rings is 1. The minimum Gasteiger partial charge on any atom is -0.384 e. The second-order valence-corrected chi connectivity index (χ2v) is 5.43. The van der Waals surface area contributed by atoms with Crippen LogP contribution in [0, 0.1) is 11.6 Å². The molecular weight excluding hydrogens is 292 g/mol. The molecule has 0 radical (unpaired) electrons. The van der Waals surface area contributed by atoms with Crippen molar-refractivity contribution in [2.24, 2.45) is 0 Å². The van der Waals surface area contributed by atoms with Crippen LogP contribution < -0.4 is 0 Å². The molecule has 0 saturated carbocycles. The average molecular weight is 303 g/mol. The van der Waals surface area contributed by atoms with Crippen LogP contribution in [-0.2, 0) is 0 Å². The predicted molar refractivity (Wildman–Crippen MR) is 78.0 cm³/mol. The first-order chi connectivity index (χ1) is 10.2. The van der Waals surface area contributed by atoms with Gasteiger partial charge in [0.2, 0.25) is 0 Å². The first-order valence-electron chi connectivity index (χ1n) is 6.27. The molecule has 2 heterocycles. The number of aliphatic hydroxyl groups is 1. The summed E-state index contributed by atoms with van der Waals surface area (Å²) in [5, 5.41) is 12.2. The van der Waals surface area contributed by atoms with E-state index in [9.17, 15) is 13.9 Å². The Morgan fingerprint density at radius 1 is 1.14 bits per heavy atom.